The highest BCUT2D eigenvalue weighted by Gasteiger charge is 2.10. The van der Waals surface area contributed by atoms with Crippen LogP contribution >= 0.6 is 11.3 Å². The molecule has 6 heteroatoms. The van der Waals surface area contributed by atoms with Crippen molar-refractivity contribution in [2.45, 2.75) is 13.3 Å². The van der Waals surface area contributed by atoms with Crippen LogP contribution in [0.15, 0.2) is 48.0 Å². The van der Waals surface area contributed by atoms with Gasteiger partial charge in [0, 0.05) is 25.0 Å². The second kappa shape index (κ2) is 7.44. The number of benzene rings is 1. The van der Waals surface area contributed by atoms with E-state index in [-0.39, 0.29) is 12.3 Å². The van der Waals surface area contributed by atoms with E-state index in [9.17, 15) is 4.79 Å². The smallest absolute Gasteiger partial charge is 0.230 e. The number of amides is 1. The topological polar surface area (TPSA) is 58.1 Å². The largest absolute Gasteiger partial charge is 0.363 e. The van der Waals surface area contributed by atoms with Crippen molar-refractivity contribution >= 4 is 28.7 Å². The number of hydrogen-bond donors (Lipinski definition) is 1. The molecule has 0 aliphatic rings. The maximum absolute atomic E-state index is 12.2. The first-order chi connectivity index (χ1) is 12.0. The van der Waals surface area contributed by atoms with Crippen LogP contribution in [0.25, 0.3) is 10.6 Å². The van der Waals surface area contributed by atoms with E-state index < -0.39 is 0 Å². The van der Waals surface area contributed by atoms with Crippen molar-refractivity contribution in [2.24, 2.45) is 0 Å². The lowest BCUT2D eigenvalue weighted by Crippen LogP contribution is -2.15. The standard InChI is InChI=1S/C19H20N4OS/c1-13-4-6-14(7-5-13)19-22-16(12-25-19)10-18(24)21-15-8-9-17(20-11-15)23(2)3/h4-9,11-12H,10H2,1-3H3,(H,21,24). The van der Waals surface area contributed by atoms with E-state index in [4.69, 9.17) is 0 Å². The van der Waals surface area contributed by atoms with E-state index in [1.54, 1.807) is 17.5 Å². The molecule has 2 heterocycles. The van der Waals surface area contributed by atoms with Gasteiger partial charge < -0.3 is 10.2 Å². The third-order valence-electron chi connectivity index (χ3n) is 3.68. The highest BCUT2D eigenvalue weighted by Crippen LogP contribution is 2.24. The molecule has 2 aromatic heterocycles. The Labute approximate surface area is 151 Å². The van der Waals surface area contributed by atoms with Gasteiger partial charge in [-0.05, 0) is 19.1 Å². The number of aromatic nitrogens is 2. The quantitative estimate of drug-likeness (QED) is 0.759. The molecular formula is C19H20N4OS. The summed E-state index contributed by atoms with van der Waals surface area (Å²) in [6.07, 6.45) is 1.91. The Balaban J connectivity index is 1.62. The zero-order valence-corrected chi connectivity index (χ0v) is 15.3. The SMILES string of the molecule is Cc1ccc(-c2nc(CC(=O)Nc3ccc(N(C)C)nc3)cs2)cc1. The first-order valence-corrected chi connectivity index (χ1v) is 8.84. The normalized spacial score (nSPS) is 10.5. The molecule has 25 heavy (non-hydrogen) atoms. The van der Waals surface area contributed by atoms with Crippen LogP contribution in [0.1, 0.15) is 11.3 Å². The summed E-state index contributed by atoms with van der Waals surface area (Å²) < 4.78 is 0. The molecule has 5 nitrogen and oxygen atoms in total. The van der Waals surface area contributed by atoms with Gasteiger partial charge >= 0.3 is 0 Å². The van der Waals surface area contributed by atoms with Gasteiger partial charge in [-0.1, -0.05) is 29.8 Å². The van der Waals surface area contributed by atoms with Crippen LogP contribution in [0.2, 0.25) is 0 Å². The number of rotatable bonds is 5. The molecule has 0 unspecified atom stereocenters. The monoisotopic (exact) mass is 352 g/mol. The number of hydrogen-bond acceptors (Lipinski definition) is 5. The van der Waals surface area contributed by atoms with Crippen LogP contribution < -0.4 is 10.2 Å². The lowest BCUT2D eigenvalue weighted by molar-refractivity contribution is -0.115. The molecule has 0 atom stereocenters. The molecule has 0 radical (unpaired) electrons. The van der Waals surface area contributed by atoms with Crippen molar-refractivity contribution in [3.05, 3.63) is 59.2 Å². The van der Waals surface area contributed by atoms with Crippen LogP contribution in [-0.4, -0.2) is 30.0 Å². The first kappa shape index (κ1) is 17.1. The number of carbonyl (C=O) groups excluding carboxylic acids is 1. The Kier molecular flexibility index (Phi) is 5.09. The van der Waals surface area contributed by atoms with Crippen molar-refractivity contribution in [3.63, 3.8) is 0 Å². The van der Waals surface area contributed by atoms with Gasteiger partial charge in [0.05, 0.1) is 24.0 Å². The number of nitrogens with one attached hydrogen (secondary N) is 1. The van der Waals surface area contributed by atoms with Crippen LogP contribution in [0, 0.1) is 6.92 Å². The van der Waals surface area contributed by atoms with Crippen LogP contribution in [0.3, 0.4) is 0 Å². The zero-order valence-electron chi connectivity index (χ0n) is 14.5. The van der Waals surface area contributed by atoms with Crippen molar-refractivity contribution in [1.29, 1.82) is 0 Å². The summed E-state index contributed by atoms with van der Waals surface area (Å²) in [5.74, 6) is 0.750. The molecule has 3 aromatic rings. The average Bonchev–Trinajstić information content (AvgIpc) is 3.04. The lowest BCUT2D eigenvalue weighted by Gasteiger charge is -2.11. The van der Waals surface area contributed by atoms with Crippen LogP contribution in [0.4, 0.5) is 11.5 Å². The lowest BCUT2D eigenvalue weighted by atomic mass is 10.2. The molecule has 0 fully saturated rings. The number of pyridine rings is 1. The molecule has 0 saturated carbocycles. The number of anilines is 2. The van der Waals surface area contributed by atoms with Gasteiger partial charge in [0.2, 0.25) is 5.91 Å². The maximum Gasteiger partial charge on any atom is 0.230 e. The van der Waals surface area contributed by atoms with E-state index >= 15 is 0 Å². The summed E-state index contributed by atoms with van der Waals surface area (Å²) in [6, 6.07) is 11.9. The van der Waals surface area contributed by atoms with E-state index in [2.05, 4.69) is 46.5 Å². The second-order valence-corrected chi connectivity index (χ2v) is 6.89. The summed E-state index contributed by atoms with van der Waals surface area (Å²) in [6.45, 7) is 2.06. The summed E-state index contributed by atoms with van der Waals surface area (Å²) in [5.41, 5.74) is 3.75. The number of aryl methyl sites for hydroxylation is 1. The fraction of sp³-hybridized carbons (Fsp3) is 0.211. The fourth-order valence-electron chi connectivity index (χ4n) is 2.31. The van der Waals surface area contributed by atoms with Crippen molar-refractivity contribution in [2.75, 3.05) is 24.3 Å². The summed E-state index contributed by atoms with van der Waals surface area (Å²) in [7, 11) is 3.85. The van der Waals surface area contributed by atoms with Gasteiger partial charge in [-0.15, -0.1) is 11.3 Å². The molecule has 1 amide bonds. The fourth-order valence-corrected chi connectivity index (χ4v) is 3.14. The molecule has 1 N–H and O–H groups in total. The molecule has 0 aliphatic heterocycles. The van der Waals surface area contributed by atoms with Gasteiger partial charge in [-0.3, -0.25) is 4.79 Å². The minimum absolute atomic E-state index is 0.0971. The molecule has 0 saturated heterocycles. The van der Waals surface area contributed by atoms with E-state index in [0.29, 0.717) is 5.69 Å². The Morgan fingerprint density at radius 3 is 2.56 bits per heavy atom. The number of nitrogens with zero attached hydrogens (tertiary/aromatic N) is 3. The number of carbonyl (C=O) groups is 1. The maximum atomic E-state index is 12.2. The summed E-state index contributed by atoms with van der Waals surface area (Å²) in [5, 5.41) is 5.72. The third-order valence-corrected chi connectivity index (χ3v) is 4.62. The van der Waals surface area contributed by atoms with Crippen molar-refractivity contribution in [3.8, 4) is 10.6 Å². The predicted octanol–water partition coefficient (Wildman–Crippen LogP) is 3.76. The first-order valence-electron chi connectivity index (χ1n) is 7.96. The van der Waals surface area contributed by atoms with Gasteiger partial charge in [0.1, 0.15) is 10.8 Å². The van der Waals surface area contributed by atoms with Gasteiger partial charge in [0.25, 0.3) is 0 Å². The molecule has 0 aliphatic carbocycles. The minimum atomic E-state index is -0.0971. The minimum Gasteiger partial charge on any atom is -0.363 e. The third kappa shape index (κ3) is 4.42. The molecule has 0 spiro atoms. The van der Waals surface area contributed by atoms with Crippen LogP contribution in [0.5, 0.6) is 0 Å². The molecule has 1 aromatic carbocycles. The van der Waals surface area contributed by atoms with Crippen LogP contribution in [-0.2, 0) is 11.2 Å². The van der Waals surface area contributed by atoms with Crippen molar-refractivity contribution < 1.29 is 4.79 Å². The molecule has 128 valence electrons. The number of thiazole rings is 1. The Hall–Kier alpha value is -2.73. The van der Waals surface area contributed by atoms with Gasteiger partial charge in [-0.2, -0.15) is 0 Å². The predicted molar refractivity (Wildman–Crippen MR) is 103 cm³/mol. The zero-order chi connectivity index (χ0) is 17.8. The molecular weight excluding hydrogens is 332 g/mol. The van der Waals surface area contributed by atoms with Gasteiger partial charge in [-0.25, -0.2) is 9.97 Å². The Morgan fingerprint density at radius 1 is 1.16 bits per heavy atom. The highest BCUT2D eigenvalue weighted by molar-refractivity contribution is 7.13. The Morgan fingerprint density at radius 2 is 1.92 bits per heavy atom. The molecule has 0 bridgehead atoms. The average molecular weight is 352 g/mol. The van der Waals surface area contributed by atoms with Gasteiger partial charge in [0.15, 0.2) is 0 Å². The Bertz CT molecular complexity index is 854. The highest BCUT2D eigenvalue weighted by atomic mass is 32.1. The second-order valence-electron chi connectivity index (χ2n) is 6.03. The molecule has 3 rings (SSSR count). The van der Waals surface area contributed by atoms with E-state index in [1.165, 1.54) is 5.56 Å². The summed E-state index contributed by atoms with van der Waals surface area (Å²) >= 11 is 1.55. The summed E-state index contributed by atoms with van der Waals surface area (Å²) in [4.78, 5) is 23.0. The van der Waals surface area contributed by atoms with E-state index in [0.717, 1.165) is 22.1 Å². The van der Waals surface area contributed by atoms with E-state index in [1.807, 2.05) is 36.5 Å². The van der Waals surface area contributed by atoms with Crippen molar-refractivity contribution in [1.82, 2.24) is 9.97 Å².